The van der Waals surface area contributed by atoms with Gasteiger partial charge in [-0.3, -0.25) is 15.1 Å². The number of halogens is 2. The Bertz CT molecular complexity index is 941. The number of rotatable bonds is 4. The monoisotopic (exact) mass is 392 g/mol. The van der Waals surface area contributed by atoms with E-state index in [1.54, 1.807) is 18.2 Å². The van der Waals surface area contributed by atoms with Crippen LogP contribution in [-0.4, -0.2) is 28.8 Å². The van der Waals surface area contributed by atoms with Crippen molar-refractivity contribution in [3.05, 3.63) is 64.8 Å². The molecule has 1 heterocycles. The van der Waals surface area contributed by atoms with Crippen LogP contribution in [0.2, 0.25) is 5.02 Å². The quantitative estimate of drug-likeness (QED) is 0.465. The zero-order valence-electron chi connectivity index (χ0n) is 14.0. The third-order valence-electron chi connectivity index (χ3n) is 3.84. The van der Waals surface area contributed by atoms with Crippen LogP contribution >= 0.6 is 24.0 Å². The summed E-state index contributed by atoms with van der Waals surface area (Å²) in [5.41, 5.74) is 7.31. The Morgan fingerprint density at radius 2 is 1.96 bits per heavy atom. The minimum atomic E-state index is -0.422. The van der Waals surface area contributed by atoms with E-state index in [0.717, 1.165) is 10.5 Å². The molecule has 0 atom stereocenters. The number of guanidine groups is 1. The van der Waals surface area contributed by atoms with Gasteiger partial charge in [-0.25, -0.2) is 0 Å². The number of amides is 1. The van der Waals surface area contributed by atoms with Gasteiger partial charge in [-0.15, -0.1) is 12.4 Å². The zero-order chi connectivity index (χ0) is 18.0. The molecule has 1 amide bonds. The normalized spacial score (nSPS) is 10.2. The Hall–Kier alpha value is -2.70. The average molecular weight is 393 g/mol. The molecule has 0 radical (unpaired) electrons. The Morgan fingerprint density at radius 3 is 2.62 bits per heavy atom. The van der Waals surface area contributed by atoms with Crippen LogP contribution in [0.1, 0.15) is 16.1 Å². The molecule has 136 valence electrons. The Balaban J connectivity index is 0.00000243. The lowest BCUT2D eigenvalue weighted by Gasteiger charge is -2.12. The van der Waals surface area contributed by atoms with Crippen LogP contribution in [0.25, 0.3) is 10.9 Å². The van der Waals surface area contributed by atoms with Crippen molar-refractivity contribution >= 4 is 46.8 Å². The molecule has 0 saturated heterocycles. The number of nitrogens with two attached hydrogens (primary N) is 1. The van der Waals surface area contributed by atoms with Crippen molar-refractivity contribution in [1.82, 2.24) is 9.88 Å². The standard InChI is InChI=1S/C18H17ClN4O2.ClH/c1-23(18(20)21)17(24)14-9-12-13(19)7-8-15(16(12)22-14)25-10-11-5-3-2-4-6-11;/h2-9,22H,10H2,1H3,(H3,20,21);1H. The van der Waals surface area contributed by atoms with Gasteiger partial charge in [0.25, 0.3) is 5.91 Å². The first kappa shape index (κ1) is 19.6. The summed E-state index contributed by atoms with van der Waals surface area (Å²) in [6.45, 7) is 0.396. The van der Waals surface area contributed by atoms with Gasteiger partial charge < -0.3 is 15.5 Å². The molecule has 0 saturated carbocycles. The van der Waals surface area contributed by atoms with Crippen molar-refractivity contribution < 1.29 is 9.53 Å². The second-order valence-electron chi connectivity index (χ2n) is 5.54. The van der Waals surface area contributed by atoms with E-state index >= 15 is 0 Å². The molecule has 8 heteroatoms. The van der Waals surface area contributed by atoms with Gasteiger partial charge in [0.05, 0.1) is 10.5 Å². The van der Waals surface area contributed by atoms with Crippen LogP contribution in [0.3, 0.4) is 0 Å². The van der Waals surface area contributed by atoms with Crippen molar-refractivity contribution in [2.24, 2.45) is 5.73 Å². The summed E-state index contributed by atoms with van der Waals surface area (Å²) >= 11 is 6.24. The number of carbonyl (C=O) groups excluding carboxylic acids is 1. The number of benzene rings is 2. The van der Waals surface area contributed by atoms with E-state index in [-0.39, 0.29) is 24.1 Å². The molecular formula is C18H18Cl2N4O2. The summed E-state index contributed by atoms with van der Waals surface area (Å²) in [5.74, 6) is -0.170. The molecule has 1 aromatic heterocycles. The molecule has 0 bridgehead atoms. The van der Waals surface area contributed by atoms with Gasteiger partial charge in [0.15, 0.2) is 5.96 Å². The number of hydrogen-bond donors (Lipinski definition) is 3. The van der Waals surface area contributed by atoms with Crippen LogP contribution in [0.5, 0.6) is 5.75 Å². The van der Waals surface area contributed by atoms with Crippen molar-refractivity contribution in [2.45, 2.75) is 6.61 Å². The maximum atomic E-state index is 12.3. The highest BCUT2D eigenvalue weighted by Gasteiger charge is 2.19. The number of nitrogens with one attached hydrogen (secondary N) is 2. The molecule has 3 aromatic rings. The van der Waals surface area contributed by atoms with Gasteiger partial charge in [0.1, 0.15) is 18.1 Å². The molecule has 6 nitrogen and oxygen atoms in total. The summed E-state index contributed by atoms with van der Waals surface area (Å²) in [4.78, 5) is 16.4. The van der Waals surface area contributed by atoms with Crippen molar-refractivity contribution in [3.8, 4) is 5.75 Å². The first-order valence-corrected chi connectivity index (χ1v) is 7.95. The topological polar surface area (TPSA) is 95.2 Å². The van der Waals surface area contributed by atoms with Gasteiger partial charge in [-0.1, -0.05) is 41.9 Å². The fraction of sp³-hybridized carbons (Fsp3) is 0.111. The van der Waals surface area contributed by atoms with Crippen LogP contribution in [0.4, 0.5) is 0 Å². The van der Waals surface area contributed by atoms with Crippen LogP contribution in [0, 0.1) is 5.41 Å². The van der Waals surface area contributed by atoms with E-state index in [1.807, 2.05) is 30.3 Å². The van der Waals surface area contributed by atoms with Gasteiger partial charge >= 0.3 is 0 Å². The Kier molecular flexibility index (Phi) is 6.13. The van der Waals surface area contributed by atoms with E-state index in [1.165, 1.54) is 7.05 Å². The predicted octanol–water partition coefficient (Wildman–Crippen LogP) is 3.79. The molecule has 0 aliphatic rings. The number of H-pyrrole nitrogens is 1. The van der Waals surface area contributed by atoms with Crippen molar-refractivity contribution in [1.29, 1.82) is 5.41 Å². The lowest BCUT2D eigenvalue weighted by Crippen LogP contribution is -2.38. The Labute approximate surface area is 161 Å². The highest BCUT2D eigenvalue weighted by atomic mass is 35.5. The van der Waals surface area contributed by atoms with Gasteiger partial charge in [0, 0.05) is 12.4 Å². The first-order valence-electron chi connectivity index (χ1n) is 7.57. The number of aromatic nitrogens is 1. The largest absolute Gasteiger partial charge is 0.487 e. The molecule has 0 aliphatic heterocycles. The van der Waals surface area contributed by atoms with Crippen LogP contribution in [0.15, 0.2) is 48.5 Å². The van der Waals surface area contributed by atoms with E-state index in [9.17, 15) is 4.79 Å². The minimum Gasteiger partial charge on any atom is -0.487 e. The van der Waals surface area contributed by atoms with Gasteiger partial charge in [-0.05, 0) is 23.8 Å². The summed E-state index contributed by atoms with van der Waals surface area (Å²) in [6, 6.07) is 14.9. The number of ether oxygens (including phenoxy) is 1. The fourth-order valence-corrected chi connectivity index (χ4v) is 2.63. The number of fused-ring (bicyclic) bond motifs is 1. The highest BCUT2D eigenvalue weighted by molar-refractivity contribution is 6.35. The van der Waals surface area contributed by atoms with Crippen molar-refractivity contribution in [2.75, 3.05) is 7.05 Å². The molecule has 0 spiro atoms. The summed E-state index contributed by atoms with van der Waals surface area (Å²) in [5, 5.41) is 8.55. The Morgan fingerprint density at radius 1 is 1.27 bits per heavy atom. The number of nitrogens with zero attached hydrogens (tertiary/aromatic N) is 1. The maximum absolute atomic E-state index is 12.3. The zero-order valence-corrected chi connectivity index (χ0v) is 15.5. The third-order valence-corrected chi connectivity index (χ3v) is 4.17. The predicted molar refractivity (Wildman–Crippen MR) is 105 cm³/mol. The molecule has 3 rings (SSSR count). The molecular weight excluding hydrogens is 375 g/mol. The number of hydrogen-bond acceptors (Lipinski definition) is 3. The maximum Gasteiger partial charge on any atom is 0.276 e. The van der Waals surface area contributed by atoms with E-state index in [0.29, 0.717) is 28.3 Å². The summed E-state index contributed by atoms with van der Waals surface area (Å²) in [7, 11) is 1.44. The molecule has 0 fully saturated rings. The highest BCUT2D eigenvalue weighted by Crippen LogP contribution is 2.32. The summed E-state index contributed by atoms with van der Waals surface area (Å²) in [6.07, 6.45) is 0. The second-order valence-corrected chi connectivity index (χ2v) is 5.95. The molecule has 4 N–H and O–H groups in total. The van der Waals surface area contributed by atoms with E-state index in [4.69, 9.17) is 27.5 Å². The third kappa shape index (κ3) is 3.92. The average Bonchev–Trinajstić information content (AvgIpc) is 3.07. The second kappa shape index (κ2) is 8.12. The molecule has 0 aliphatic carbocycles. The van der Waals surface area contributed by atoms with Crippen molar-refractivity contribution in [3.63, 3.8) is 0 Å². The van der Waals surface area contributed by atoms with Crippen LogP contribution in [-0.2, 0) is 6.61 Å². The SMILES string of the molecule is CN(C(=N)N)C(=O)c1cc2c(Cl)ccc(OCc3ccccc3)c2[nH]1.Cl. The van der Waals surface area contributed by atoms with Crippen LogP contribution < -0.4 is 10.5 Å². The van der Waals surface area contributed by atoms with Gasteiger partial charge in [0.2, 0.25) is 0 Å². The van der Waals surface area contributed by atoms with E-state index in [2.05, 4.69) is 4.98 Å². The van der Waals surface area contributed by atoms with Gasteiger partial charge in [-0.2, -0.15) is 0 Å². The smallest absolute Gasteiger partial charge is 0.276 e. The molecule has 26 heavy (non-hydrogen) atoms. The first-order chi connectivity index (χ1) is 12.0. The lowest BCUT2D eigenvalue weighted by molar-refractivity contribution is 0.0864. The lowest BCUT2D eigenvalue weighted by atomic mass is 10.2. The summed E-state index contributed by atoms with van der Waals surface area (Å²) < 4.78 is 5.88. The molecule has 0 unspecified atom stereocenters. The minimum absolute atomic E-state index is 0. The number of aromatic amines is 1. The fourth-order valence-electron chi connectivity index (χ4n) is 2.42. The molecule has 2 aromatic carbocycles. The number of carbonyl (C=O) groups is 1. The van der Waals surface area contributed by atoms with E-state index < -0.39 is 5.91 Å².